The van der Waals surface area contributed by atoms with Gasteiger partial charge in [-0.1, -0.05) is 6.92 Å². The number of anilines is 1. The second-order valence-corrected chi connectivity index (χ2v) is 4.77. The Kier molecular flexibility index (Phi) is 4.10. The molecule has 0 aliphatic rings. The summed E-state index contributed by atoms with van der Waals surface area (Å²) in [4.78, 5) is 13.5. The second kappa shape index (κ2) is 5.78. The van der Waals surface area contributed by atoms with Crippen molar-refractivity contribution < 1.29 is 0 Å². The number of hydrogen-bond acceptors (Lipinski definition) is 4. The van der Waals surface area contributed by atoms with E-state index >= 15 is 0 Å². The number of nitrogens with one attached hydrogen (secondary N) is 1. The normalized spacial score (nSPS) is 10.5. The Morgan fingerprint density at radius 1 is 1.05 bits per heavy atom. The average Bonchev–Trinajstić information content (AvgIpc) is 2.39. The Balaban J connectivity index is 2.50. The molecule has 0 atom stereocenters. The van der Waals surface area contributed by atoms with Gasteiger partial charge in [-0.3, -0.25) is 4.98 Å². The van der Waals surface area contributed by atoms with Crippen LogP contribution in [0.2, 0.25) is 0 Å². The Hall–Kier alpha value is -1.97. The van der Waals surface area contributed by atoms with Gasteiger partial charge in [0.25, 0.3) is 0 Å². The predicted octanol–water partition coefficient (Wildman–Crippen LogP) is 3.29. The highest BCUT2D eigenvalue weighted by molar-refractivity contribution is 5.71. The van der Waals surface area contributed by atoms with E-state index < -0.39 is 0 Å². The number of aromatic nitrogens is 3. The molecule has 0 aliphatic heterocycles. The fourth-order valence-corrected chi connectivity index (χ4v) is 1.86. The van der Waals surface area contributed by atoms with E-state index in [1.165, 1.54) is 0 Å². The van der Waals surface area contributed by atoms with E-state index in [1.807, 2.05) is 33.2 Å². The number of aryl methyl sites for hydroxylation is 3. The van der Waals surface area contributed by atoms with Crippen LogP contribution in [-0.4, -0.2) is 21.5 Å². The van der Waals surface area contributed by atoms with E-state index in [9.17, 15) is 0 Å². The quantitative estimate of drug-likeness (QED) is 0.912. The molecule has 0 unspecified atom stereocenters. The molecule has 0 radical (unpaired) electrons. The number of nitrogens with zero attached hydrogens (tertiary/aromatic N) is 3. The molecule has 0 saturated heterocycles. The lowest BCUT2D eigenvalue weighted by Gasteiger charge is -2.12. The molecule has 2 rings (SSSR count). The van der Waals surface area contributed by atoms with Crippen molar-refractivity contribution >= 4 is 5.82 Å². The highest BCUT2D eigenvalue weighted by atomic mass is 15.0. The Morgan fingerprint density at radius 3 is 2.47 bits per heavy atom. The van der Waals surface area contributed by atoms with Gasteiger partial charge in [0.1, 0.15) is 5.69 Å². The van der Waals surface area contributed by atoms with Gasteiger partial charge in [-0.05, 0) is 38.8 Å². The topological polar surface area (TPSA) is 50.7 Å². The summed E-state index contributed by atoms with van der Waals surface area (Å²) in [6.07, 6.45) is 4.74. The lowest BCUT2D eigenvalue weighted by Crippen LogP contribution is -2.07. The van der Waals surface area contributed by atoms with Crippen molar-refractivity contribution in [2.75, 3.05) is 11.9 Å². The van der Waals surface area contributed by atoms with Crippen molar-refractivity contribution in [1.82, 2.24) is 15.0 Å². The maximum atomic E-state index is 4.67. The maximum Gasteiger partial charge on any atom is 0.152 e. The summed E-state index contributed by atoms with van der Waals surface area (Å²) in [7, 11) is 0. The monoisotopic (exact) mass is 256 g/mol. The van der Waals surface area contributed by atoms with Crippen molar-refractivity contribution in [3.8, 4) is 11.3 Å². The summed E-state index contributed by atoms with van der Waals surface area (Å²) in [5.74, 6) is 0.845. The van der Waals surface area contributed by atoms with E-state index in [1.54, 1.807) is 0 Å². The first kappa shape index (κ1) is 13.5. The Bertz CT molecular complexity index is 578. The van der Waals surface area contributed by atoms with E-state index in [4.69, 9.17) is 0 Å². The number of rotatable bonds is 4. The van der Waals surface area contributed by atoms with Gasteiger partial charge < -0.3 is 5.32 Å². The van der Waals surface area contributed by atoms with Gasteiger partial charge in [0.15, 0.2) is 5.82 Å². The van der Waals surface area contributed by atoms with Crippen LogP contribution >= 0.6 is 0 Å². The third-order valence-electron chi connectivity index (χ3n) is 3.00. The molecule has 0 spiro atoms. The molecule has 0 amide bonds. The fourth-order valence-electron chi connectivity index (χ4n) is 1.86. The van der Waals surface area contributed by atoms with Crippen LogP contribution in [0.15, 0.2) is 18.5 Å². The SMILES string of the molecule is CCCNc1nc(C)c(C)nc1-c1cncc(C)c1. The van der Waals surface area contributed by atoms with Crippen molar-refractivity contribution in [1.29, 1.82) is 0 Å². The zero-order valence-corrected chi connectivity index (χ0v) is 12.0. The smallest absolute Gasteiger partial charge is 0.152 e. The molecule has 2 heterocycles. The van der Waals surface area contributed by atoms with Crippen molar-refractivity contribution in [2.45, 2.75) is 34.1 Å². The molecule has 19 heavy (non-hydrogen) atoms. The summed E-state index contributed by atoms with van der Waals surface area (Å²) >= 11 is 0. The maximum absolute atomic E-state index is 4.67. The zero-order valence-electron chi connectivity index (χ0n) is 12.0. The molecule has 0 bridgehead atoms. The molecule has 0 aliphatic carbocycles. The Morgan fingerprint density at radius 2 is 1.79 bits per heavy atom. The summed E-state index contributed by atoms with van der Waals surface area (Å²) < 4.78 is 0. The van der Waals surface area contributed by atoms with Crippen LogP contribution in [0.1, 0.15) is 30.3 Å². The van der Waals surface area contributed by atoms with E-state index in [-0.39, 0.29) is 0 Å². The fraction of sp³-hybridized carbons (Fsp3) is 0.400. The van der Waals surface area contributed by atoms with Gasteiger partial charge in [0.2, 0.25) is 0 Å². The van der Waals surface area contributed by atoms with Gasteiger partial charge in [0.05, 0.1) is 11.4 Å². The lowest BCUT2D eigenvalue weighted by atomic mass is 10.1. The second-order valence-electron chi connectivity index (χ2n) is 4.77. The third-order valence-corrected chi connectivity index (χ3v) is 3.00. The molecule has 4 heteroatoms. The molecule has 1 N–H and O–H groups in total. The first-order chi connectivity index (χ1) is 9.11. The van der Waals surface area contributed by atoms with Gasteiger partial charge in [-0.15, -0.1) is 0 Å². The summed E-state index contributed by atoms with van der Waals surface area (Å²) in [6.45, 7) is 9.03. The van der Waals surface area contributed by atoms with Crippen molar-refractivity contribution in [3.63, 3.8) is 0 Å². The predicted molar refractivity (Wildman–Crippen MR) is 78.3 cm³/mol. The van der Waals surface area contributed by atoms with Crippen LogP contribution in [0.4, 0.5) is 5.82 Å². The standard InChI is InChI=1S/C15H20N4/c1-5-6-17-15-14(18-11(3)12(4)19-15)13-7-10(2)8-16-9-13/h7-9H,5-6H2,1-4H3,(H,17,19). The van der Waals surface area contributed by atoms with E-state index in [2.05, 4.69) is 33.3 Å². The minimum Gasteiger partial charge on any atom is -0.368 e. The van der Waals surface area contributed by atoms with Crippen LogP contribution < -0.4 is 5.32 Å². The molecule has 100 valence electrons. The van der Waals surface area contributed by atoms with Crippen LogP contribution in [-0.2, 0) is 0 Å². The first-order valence-electron chi connectivity index (χ1n) is 6.63. The summed E-state index contributed by atoms with van der Waals surface area (Å²) in [5.41, 5.74) is 4.93. The molecule has 4 nitrogen and oxygen atoms in total. The summed E-state index contributed by atoms with van der Waals surface area (Å²) in [6, 6.07) is 2.09. The molecule has 0 fully saturated rings. The van der Waals surface area contributed by atoms with Crippen LogP contribution in [0.25, 0.3) is 11.3 Å². The minimum atomic E-state index is 0.845. The highest BCUT2D eigenvalue weighted by Gasteiger charge is 2.11. The molecular weight excluding hydrogens is 236 g/mol. The van der Waals surface area contributed by atoms with Gasteiger partial charge in [-0.2, -0.15) is 0 Å². The minimum absolute atomic E-state index is 0.845. The third kappa shape index (κ3) is 3.08. The zero-order chi connectivity index (χ0) is 13.8. The van der Waals surface area contributed by atoms with E-state index in [0.29, 0.717) is 0 Å². The molecule has 0 aromatic carbocycles. The highest BCUT2D eigenvalue weighted by Crippen LogP contribution is 2.25. The van der Waals surface area contributed by atoms with Crippen molar-refractivity contribution in [3.05, 3.63) is 35.4 Å². The summed E-state index contributed by atoms with van der Waals surface area (Å²) in [5, 5.41) is 3.35. The molecular formula is C15H20N4. The lowest BCUT2D eigenvalue weighted by molar-refractivity contribution is 0.953. The van der Waals surface area contributed by atoms with Gasteiger partial charge >= 0.3 is 0 Å². The van der Waals surface area contributed by atoms with Gasteiger partial charge in [-0.25, -0.2) is 9.97 Å². The van der Waals surface area contributed by atoms with Crippen LogP contribution in [0.5, 0.6) is 0 Å². The van der Waals surface area contributed by atoms with Crippen LogP contribution in [0, 0.1) is 20.8 Å². The Labute approximate surface area is 114 Å². The molecule has 0 saturated carbocycles. The van der Waals surface area contributed by atoms with Gasteiger partial charge in [0, 0.05) is 24.5 Å². The molecule has 2 aromatic heterocycles. The van der Waals surface area contributed by atoms with Crippen molar-refractivity contribution in [2.24, 2.45) is 0 Å². The largest absolute Gasteiger partial charge is 0.368 e. The average molecular weight is 256 g/mol. The first-order valence-corrected chi connectivity index (χ1v) is 6.63. The number of pyridine rings is 1. The van der Waals surface area contributed by atoms with E-state index in [0.717, 1.165) is 47.0 Å². The molecule has 2 aromatic rings. The van der Waals surface area contributed by atoms with Crippen LogP contribution in [0.3, 0.4) is 0 Å². The number of hydrogen-bond donors (Lipinski definition) is 1.